The van der Waals surface area contributed by atoms with E-state index in [4.69, 9.17) is 15.7 Å². The van der Waals surface area contributed by atoms with Crippen LogP contribution in [0, 0.1) is 0 Å². The minimum atomic E-state index is -1.11. The van der Waals surface area contributed by atoms with E-state index >= 15 is 0 Å². The number of aromatic hydroxyl groups is 5. The van der Waals surface area contributed by atoms with Gasteiger partial charge in [0.25, 0.3) is 0 Å². The molecule has 0 saturated carbocycles. The standard InChI is InChI=1S/C51H36N6O5/c52-50(41-45(58)47(60)49(62)48(61)46(41)59)54-51(53-28-29-14-13-22-35-32-19-7-10-23-38(32)55(42(29)35)30-15-3-1-4-16-30)57-40-25-12-9-21-34(40)37-27-26-36-33-20-8-11-24-39(33)56(43(36)44(37)57)31-17-5-2-6-18-31/h1-27,58-62H,28H2,(H2,52,53,54). The second-order valence-corrected chi connectivity index (χ2v) is 15.1. The highest BCUT2D eigenvalue weighted by Gasteiger charge is 2.28. The Morgan fingerprint density at radius 1 is 0.419 bits per heavy atom. The highest BCUT2D eigenvalue weighted by atomic mass is 16.4. The summed E-state index contributed by atoms with van der Waals surface area (Å²) in [6.45, 7) is 0.0995. The fraction of sp³-hybridized carbons (Fsp3) is 0.0196. The summed E-state index contributed by atoms with van der Waals surface area (Å²) in [6.07, 6.45) is 0. The molecule has 7 N–H and O–H groups in total. The molecule has 0 spiro atoms. The van der Waals surface area contributed by atoms with Gasteiger partial charge in [0.2, 0.25) is 23.2 Å². The van der Waals surface area contributed by atoms with Gasteiger partial charge in [-0.1, -0.05) is 121 Å². The average molecular weight is 813 g/mol. The van der Waals surface area contributed by atoms with Crippen LogP contribution in [0.3, 0.4) is 0 Å². The van der Waals surface area contributed by atoms with Crippen molar-refractivity contribution in [2.75, 3.05) is 0 Å². The zero-order valence-electron chi connectivity index (χ0n) is 32.8. The van der Waals surface area contributed by atoms with Crippen molar-refractivity contribution in [2.45, 2.75) is 6.54 Å². The molecule has 3 heterocycles. The van der Waals surface area contributed by atoms with Crippen molar-refractivity contribution in [3.8, 4) is 40.1 Å². The summed E-state index contributed by atoms with van der Waals surface area (Å²) < 4.78 is 6.38. The molecule has 0 aliphatic heterocycles. The molecule has 11 aromatic rings. The van der Waals surface area contributed by atoms with Crippen molar-refractivity contribution in [3.63, 3.8) is 0 Å². The summed E-state index contributed by atoms with van der Waals surface area (Å²) in [6, 6.07) is 55.0. The van der Waals surface area contributed by atoms with Crippen molar-refractivity contribution in [1.82, 2.24) is 13.7 Å². The smallest absolute Gasteiger partial charge is 0.232 e. The number of nitrogens with zero attached hydrogens (tertiary/aromatic N) is 5. The third-order valence-corrected chi connectivity index (χ3v) is 11.7. The highest BCUT2D eigenvalue weighted by Crippen LogP contribution is 2.51. The lowest BCUT2D eigenvalue weighted by Crippen LogP contribution is -2.20. The Morgan fingerprint density at radius 2 is 0.855 bits per heavy atom. The van der Waals surface area contributed by atoms with Gasteiger partial charge in [-0.25, -0.2) is 4.99 Å². The molecule has 300 valence electrons. The number of benzene rings is 8. The summed E-state index contributed by atoms with van der Waals surface area (Å²) in [5.74, 6) is -5.59. The molecule has 3 aromatic heterocycles. The van der Waals surface area contributed by atoms with Gasteiger partial charge in [-0.05, 0) is 48.0 Å². The Labute approximate surface area is 352 Å². The van der Waals surface area contributed by atoms with Gasteiger partial charge in [0.1, 0.15) is 11.4 Å². The first-order valence-corrected chi connectivity index (χ1v) is 20.0. The Hall–Kier alpha value is -8.70. The molecule has 0 aliphatic rings. The van der Waals surface area contributed by atoms with Crippen LogP contribution < -0.4 is 5.73 Å². The maximum Gasteiger partial charge on any atom is 0.232 e. The Balaban J connectivity index is 1.26. The van der Waals surface area contributed by atoms with Gasteiger partial charge in [0.15, 0.2) is 11.5 Å². The Morgan fingerprint density at radius 3 is 1.44 bits per heavy atom. The van der Waals surface area contributed by atoms with Crippen LogP contribution >= 0.6 is 0 Å². The van der Waals surface area contributed by atoms with E-state index in [1.807, 2.05) is 102 Å². The number of rotatable bonds is 5. The van der Waals surface area contributed by atoms with Gasteiger partial charge in [-0.3, -0.25) is 4.57 Å². The SMILES string of the molecule is NC(=NC(=NCc1cccc2c3ccccc3n(-c3ccccc3)c12)n1c2ccccc2c2ccc3c4ccccc4n(-c4ccccc4)c3c21)c1c(O)c(O)c(O)c(O)c1O. The van der Waals surface area contributed by atoms with Crippen LogP contribution in [0.5, 0.6) is 28.7 Å². The van der Waals surface area contributed by atoms with Gasteiger partial charge in [0.05, 0.1) is 39.6 Å². The summed E-state index contributed by atoms with van der Waals surface area (Å²) in [4.78, 5) is 10.2. The molecule has 0 unspecified atom stereocenters. The van der Waals surface area contributed by atoms with Crippen LogP contribution in [0.15, 0.2) is 174 Å². The number of fused-ring (bicyclic) bond motifs is 10. The Bertz CT molecular complexity index is 3650. The third kappa shape index (κ3) is 5.31. The number of hydrogen-bond acceptors (Lipinski definition) is 6. The van der Waals surface area contributed by atoms with E-state index in [0.29, 0.717) is 0 Å². The van der Waals surface area contributed by atoms with Gasteiger partial charge in [-0.15, -0.1) is 0 Å². The molecular weight excluding hydrogens is 777 g/mol. The van der Waals surface area contributed by atoms with Crippen molar-refractivity contribution in [2.24, 2.45) is 15.7 Å². The van der Waals surface area contributed by atoms with E-state index in [0.717, 1.165) is 82.4 Å². The zero-order chi connectivity index (χ0) is 42.2. The normalized spacial score (nSPS) is 12.5. The largest absolute Gasteiger partial charge is 0.504 e. The van der Waals surface area contributed by atoms with E-state index in [1.165, 1.54) is 0 Å². The van der Waals surface area contributed by atoms with Crippen LogP contribution in [0.25, 0.3) is 76.8 Å². The van der Waals surface area contributed by atoms with Crippen LogP contribution in [-0.4, -0.2) is 51.0 Å². The van der Waals surface area contributed by atoms with Gasteiger partial charge >= 0.3 is 0 Å². The van der Waals surface area contributed by atoms with Crippen LogP contribution in [-0.2, 0) is 6.54 Å². The van der Waals surface area contributed by atoms with E-state index in [2.05, 4.69) is 75.9 Å². The van der Waals surface area contributed by atoms with E-state index < -0.39 is 40.1 Å². The van der Waals surface area contributed by atoms with E-state index in [1.54, 1.807) is 0 Å². The number of aliphatic imine (C=N–C) groups is 2. The van der Waals surface area contributed by atoms with Crippen LogP contribution in [0.4, 0.5) is 0 Å². The number of phenolic OH excluding ortho intramolecular Hbond substituents is 5. The van der Waals surface area contributed by atoms with Gasteiger partial charge < -0.3 is 40.4 Å². The maximum absolute atomic E-state index is 11.1. The van der Waals surface area contributed by atoms with Crippen molar-refractivity contribution >= 4 is 77.2 Å². The quantitative estimate of drug-likeness (QED) is 0.0438. The lowest BCUT2D eigenvalue weighted by atomic mass is 10.1. The maximum atomic E-state index is 11.1. The number of nitrogens with two attached hydrogens (primary N) is 1. The molecule has 0 amide bonds. The second kappa shape index (κ2) is 14.0. The lowest BCUT2D eigenvalue weighted by molar-refractivity contribution is 0.327. The van der Waals surface area contributed by atoms with Crippen molar-refractivity contribution < 1.29 is 25.5 Å². The zero-order valence-corrected chi connectivity index (χ0v) is 32.8. The minimum absolute atomic E-state index is 0.0799. The van der Waals surface area contributed by atoms with Gasteiger partial charge in [0, 0.05) is 43.7 Å². The predicted octanol–water partition coefficient (Wildman–Crippen LogP) is 10.3. The van der Waals surface area contributed by atoms with E-state index in [9.17, 15) is 25.5 Å². The molecule has 62 heavy (non-hydrogen) atoms. The number of phenols is 5. The summed E-state index contributed by atoms with van der Waals surface area (Å²) in [7, 11) is 0. The monoisotopic (exact) mass is 812 g/mol. The molecule has 0 saturated heterocycles. The summed E-state index contributed by atoms with van der Waals surface area (Å²) in [5, 5.41) is 59.5. The van der Waals surface area contributed by atoms with Gasteiger partial charge in [-0.2, -0.15) is 4.99 Å². The first-order chi connectivity index (χ1) is 30.3. The number of aromatic nitrogens is 3. The predicted molar refractivity (Wildman–Crippen MR) is 247 cm³/mol. The second-order valence-electron chi connectivity index (χ2n) is 15.1. The summed E-state index contributed by atoms with van der Waals surface area (Å²) >= 11 is 0. The first-order valence-electron chi connectivity index (χ1n) is 20.0. The van der Waals surface area contributed by atoms with Crippen molar-refractivity contribution in [1.29, 1.82) is 0 Å². The Kier molecular flexibility index (Phi) is 8.19. The average Bonchev–Trinajstić information content (AvgIpc) is 3.96. The molecule has 0 atom stereocenters. The highest BCUT2D eigenvalue weighted by molar-refractivity contribution is 6.26. The molecule has 0 aliphatic carbocycles. The van der Waals surface area contributed by atoms with Crippen molar-refractivity contribution in [3.05, 3.63) is 175 Å². The lowest BCUT2D eigenvalue weighted by Gasteiger charge is -2.15. The number of hydrogen-bond donors (Lipinski definition) is 6. The molecule has 11 heteroatoms. The topological polar surface area (TPSA) is 167 Å². The molecule has 0 fully saturated rings. The van der Waals surface area contributed by atoms with Crippen LogP contribution in [0.1, 0.15) is 11.1 Å². The molecule has 8 aromatic carbocycles. The van der Waals surface area contributed by atoms with Crippen LogP contribution in [0.2, 0.25) is 0 Å². The summed E-state index contributed by atoms with van der Waals surface area (Å²) in [5.41, 5.74) is 14.3. The molecule has 11 rings (SSSR count). The fourth-order valence-corrected chi connectivity index (χ4v) is 9.02. The number of amidine groups is 1. The minimum Gasteiger partial charge on any atom is -0.504 e. The molecule has 11 nitrogen and oxygen atoms in total. The molecule has 0 radical (unpaired) electrons. The first kappa shape index (κ1) is 36.4. The molecular formula is C51H36N6O5. The fourth-order valence-electron chi connectivity index (χ4n) is 9.02. The third-order valence-electron chi connectivity index (χ3n) is 11.7. The van der Waals surface area contributed by atoms with E-state index in [-0.39, 0.29) is 12.5 Å². The number of para-hydroxylation sites is 6. The molecule has 0 bridgehead atoms.